The highest BCUT2D eigenvalue weighted by molar-refractivity contribution is 5.81. The number of hydrogen-bond acceptors (Lipinski definition) is 16. The van der Waals surface area contributed by atoms with E-state index in [2.05, 4.69) is 6.92 Å². The van der Waals surface area contributed by atoms with Crippen molar-refractivity contribution in [3.05, 3.63) is 0 Å². The number of esters is 8. The lowest BCUT2D eigenvalue weighted by Gasteiger charge is -2.60. The molecule has 89 heavy (non-hydrogen) atoms. The second kappa shape index (κ2) is 45.1. The van der Waals surface area contributed by atoms with Gasteiger partial charge in [0.1, 0.15) is 29.0 Å². The summed E-state index contributed by atoms with van der Waals surface area (Å²) in [5.41, 5.74) is -2.41. The Morgan fingerprint density at radius 3 is 1.09 bits per heavy atom. The predicted octanol–water partition coefficient (Wildman–Crippen LogP) is 18.9. The van der Waals surface area contributed by atoms with Crippen LogP contribution in [0.1, 0.15) is 330 Å². The van der Waals surface area contributed by atoms with Crippen LogP contribution in [0.5, 0.6) is 0 Å². The zero-order chi connectivity index (χ0) is 60.7. The second-order valence-electron chi connectivity index (χ2n) is 26.4. The van der Waals surface area contributed by atoms with Crippen molar-refractivity contribution in [3.8, 4) is 0 Å². The van der Waals surface area contributed by atoms with E-state index in [1.165, 1.54) is 51.4 Å². The van der Waals surface area contributed by atoms with Gasteiger partial charge in [0, 0.05) is 0 Å². The molecule has 7 saturated carbocycles. The molecule has 0 heterocycles. The van der Waals surface area contributed by atoms with Crippen LogP contribution < -0.4 is 0 Å². The summed E-state index contributed by atoms with van der Waals surface area (Å²) in [5.74, 6) is -0.174. The van der Waals surface area contributed by atoms with E-state index in [1.54, 1.807) is 6.92 Å². The van der Waals surface area contributed by atoms with Gasteiger partial charge in [0.25, 0.3) is 0 Å². The monoisotopic (exact) mass is 1280 g/mol. The molecule has 7 rings (SSSR count). The average molecular weight is 1280 g/mol. The lowest BCUT2D eigenvalue weighted by molar-refractivity contribution is -0.211. The molecule has 0 aromatic heterocycles. The van der Waals surface area contributed by atoms with E-state index in [1.807, 2.05) is 83.1 Å². The Morgan fingerprint density at radius 2 is 0.753 bits per heavy atom. The number of carbonyl (C=O) groups is 8. The molecule has 0 spiro atoms. The van der Waals surface area contributed by atoms with Crippen LogP contribution in [-0.4, -0.2) is 96.6 Å². The van der Waals surface area contributed by atoms with Crippen LogP contribution in [0.2, 0.25) is 0 Å². The summed E-state index contributed by atoms with van der Waals surface area (Å²) in [7, 11) is 0. The quantitative estimate of drug-likeness (QED) is 0.0688. The van der Waals surface area contributed by atoms with Crippen LogP contribution in [0.4, 0.5) is 0 Å². The van der Waals surface area contributed by atoms with Crippen LogP contribution in [0.15, 0.2) is 0 Å². The van der Waals surface area contributed by atoms with Gasteiger partial charge in [-0.05, 0) is 213 Å². The first-order chi connectivity index (χ1) is 38.1. The molecule has 2 unspecified atom stereocenters. The summed E-state index contributed by atoms with van der Waals surface area (Å²) in [6.45, 7) is 26.0. The molecule has 0 aliphatic heterocycles. The predicted molar refractivity (Wildman–Crippen MR) is 363 cm³/mol. The summed E-state index contributed by atoms with van der Waals surface area (Å²) < 4.78 is 42.8. The normalized spacial score (nSPS) is 22.4. The molecule has 16 nitrogen and oxygen atoms in total. The molecular formula is C73H142O16. The van der Waals surface area contributed by atoms with Crippen molar-refractivity contribution in [1.82, 2.24) is 0 Å². The maximum Gasteiger partial charge on any atom is 0.344 e. The van der Waals surface area contributed by atoms with Crippen LogP contribution in [-0.2, 0) is 76.3 Å². The average Bonchev–Trinajstić information content (AvgIpc) is 0.827. The van der Waals surface area contributed by atoms with Gasteiger partial charge in [-0.2, -0.15) is 0 Å². The molecule has 7 aliphatic rings. The third-order valence-corrected chi connectivity index (χ3v) is 19.1. The van der Waals surface area contributed by atoms with Gasteiger partial charge in [-0.25, -0.2) is 14.4 Å². The van der Waals surface area contributed by atoms with E-state index < -0.39 is 28.7 Å². The second-order valence-corrected chi connectivity index (χ2v) is 26.4. The van der Waals surface area contributed by atoms with Crippen LogP contribution in [0, 0.1) is 46.3 Å². The Balaban J connectivity index is -0.000000252. The molecule has 0 aromatic rings. The van der Waals surface area contributed by atoms with Gasteiger partial charge in [-0.15, -0.1) is 0 Å². The minimum atomic E-state index is -0.548. The largest absolute Gasteiger partial charge is 0.465 e. The summed E-state index contributed by atoms with van der Waals surface area (Å²) in [5, 5.41) is 0. The lowest BCUT2D eigenvalue weighted by Crippen LogP contribution is -2.59. The van der Waals surface area contributed by atoms with Gasteiger partial charge in [0.15, 0.2) is 19.8 Å². The van der Waals surface area contributed by atoms with Gasteiger partial charge in [-0.3, -0.25) is 24.0 Å². The van der Waals surface area contributed by atoms with Crippen LogP contribution >= 0.6 is 0 Å². The zero-order valence-corrected chi connectivity index (χ0v) is 52.9. The van der Waals surface area contributed by atoms with E-state index in [0.717, 1.165) is 108 Å². The Morgan fingerprint density at radius 1 is 0.416 bits per heavy atom. The summed E-state index contributed by atoms with van der Waals surface area (Å²) >= 11 is 0. The molecule has 0 saturated heterocycles. The van der Waals surface area contributed by atoms with Crippen molar-refractivity contribution in [2.24, 2.45) is 46.3 Å². The Labute approximate surface area is 546 Å². The number of ether oxygens (including phenoxy) is 8. The van der Waals surface area contributed by atoms with Crippen molar-refractivity contribution in [2.45, 2.75) is 352 Å². The lowest BCUT2D eigenvalue weighted by atomic mass is 9.49. The van der Waals surface area contributed by atoms with Gasteiger partial charge >= 0.3 is 47.8 Å². The molecule has 0 amide bonds. The van der Waals surface area contributed by atoms with Crippen molar-refractivity contribution < 1.29 is 76.3 Å². The highest BCUT2D eigenvalue weighted by Crippen LogP contribution is 2.60. The van der Waals surface area contributed by atoms with Gasteiger partial charge in [-0.1, -0.05) is 134 Å². The molecular weight excluding hydrogens is 1130 g/mol. The van der Waals surface area contributed by atoms with Crippen molar-refractivity contribution in [3.63, 3.8) is 0 Å². The topological polar surface area (TPSA) is 210 Å². The standard InChI is InChI=1S/C20H32O4.C16H28O4.C15H26O4.C14H24O4.8CH4/c1-4-13(3)19(22)23-7-6-18(21)24-20(5-2)16-9-14-8-15(11-16)12-17(20)10-14;1-5-15(3,4)14(18)19-12-13(17)20-16(6-2)10-8-7-9-11-16;1-5-14(2,3)13(17)18-11-12(16)19-15(4)9-7-6-8-10-15;1-4-11(2)13(16)17-10-12(15)18-14(3)8-6-5-7-9-14;;;;;;;;/h13-17H,4-12H2,1-3H3;5-12H2,1-4H3;5-11H2,1-4H3;11H,4-10H2,1-3H3;8*1H4. The van der Waals surface area contributed by atoms with Gasteiger partial charge < -0.3 is 37.9 Å². The number of rotatable bonds is 23. The molecule has 2 atom stereocenters. The molecule has 0 radical (unpaired) electrons. The van der Waals surface area contributed by atoms with Crippen LogP contribution in [0.3, 0.4) is 0 Å². The first kappa shape index (κ1) is 95.9. The van der Waals surface area contributed by atoms with Crippen molar-refractivity contribution in [1.29, 1.82) is 0 Å². The fourth-order valence-corrected chi connectivity index (χ4v) is 12.4. The zero-order valence-electron chi connectivity index (χ0n) is 52.9. The number of carbonyl (C=O) groups excluding carboxylic acids is 8. The summed E-state index contributed by atoms with van der Waals surface area (Å²) in [4.78, 5) is 94.3. The third-order valence-electron chi connectivity index (χ3n) is 19.1. The third kappa shape index (κ3) is 30.8. The first-order valence-corrected chi connectivity index (χ1v) is 31.6. The van der Waals surface area contributed by atoms with Gasteiger partial charge in [0.2, 0.25) is 0 Å². The minimum absolute atomic E-state index is 0. The van der Waals surface area contributed by atoms with Crippen molar-refractivity contribution in [2.75, 3.05) is 26.4 Å². The first-order valence-electron chi connectivity index (χ1n) is 31.6. The van der Waals surface area contributed by atoms with E-state index in [-0.39, 0.29) is 156 Å². The Kier molecular flexibility index (Phi) is 48.6. The molecule has 530 valence electrons. The minimum Gasteiger partial charge on any atom is -0.465 e. The highest BCUT2D eigenvalue weighted by atomic mass is 16.6. The summed E-state index contributed by atoms with van der Waals surface area (Å²) in [6, 6.07) is 0. The highest BCUT2D eigenvalue weighted by Gasteiger charge is 2.58. The van der Waals surface area contributed by atoms with Crippen molar-refractivity contribution >= 4 is 47.8 Å². The van der Waals surface area contributed by atoms with Crippen LogP contribution in [0.25, 0.3) is 0 Å². The molecule has 4 bridgehead atoms. The molecule has 0 aromatic carbocycles. The van der Waals surface area contributed by atoms with Gasteiger partial charge in [0.05, 0.1) is 29.1 Å². The number of hydrogen-bond donors (Lipinski definition) is 0. The Hall–Kier alpha value is -4.24. The van der Waals surface area contributed by atoms with E-state index >= 15 is 0 Å². The van der Waals surface area contributed by atoms with E-state index in [0.29, 0.717) is 31.1 Å². The molecule has 16 heteroatoms. The molecule has 0 N–H and O–H groups in total. The summed E-state index contributed by atoms with van der Waals surface area (Å²) in [6.07, 6.45) is 26.7. The van der Waals surface area contributed by atoms with E-state index in [4.69, 9.17) is 37.9 Å². The fraction of sp³-hybridized carbons (Fsp3) is 0.890. The maximum absolute atomic E-state index is 12.4. The maximum atomic E-state index is 12.4. The SMILES string of the molecule is C.C.C.C.C.C.C.C.CCC(C)(C)C(=O)OCC(=O)OC1(C)CCCCC1.CCC(C)C(=O)OCC(=O)OC1(C)CCCCC1.CCC(C)C(=O)OCCC(=O)OC1(CC)C2CC3CC(C2)CC1C3.CCC1(OC(=O)COC(=O)C(C)(C)CC)CCCCC1. The smallest absolute Gasteiger partial charge is 0.344 e. The molecule has 7 fully saturated rings. The fourth-order valence-electron chi connectivity index (χ4n) is 12.4. The Bertz CT molecular complexity index is 1980. The molecule has 7 aliphatic carbocycles. The van der Waals surface area contributed by atoms with E-state index in [9.17, 15) is 38.4 Å².